The summed E-state index contributed by atoms with van der Waals surface area (Å²) in [6, 6.07) is 11.9. The normalized spacial score (nSPS) is 16.2. The van der Waals surface area contributed by atoms with E-state index in [2.05, 4.69) is 42.7 Å². The molecule has 37 heavy (non-hydrogen) atoms. The van der Waals surface area contributed by atoms with Crippen LogP contribution in [-0.4, -0.2) is 66.6 Å². The number of hydrogen-bond acceptors (Lipinski definition) is 8. The molecule has 0 radical (unpaired) electrons. The minimum absolute atomic E-state index is 0.500. The van der Waals surface area contributed by atoms with Crippen molar-refractivity contribution in [3.63, 3.8) is 0 Å². The quantitative estimate of drug-likeness (QED) is 0.349. The first kappa shape index (κ1) is 23.5. The van der Waals surface area contributed by atoms with E-state index >= 15 is 0 Å². The number of aryl methyl sites for hydroxylation is 2. The number of fused-ring (bicyclic) bond motifs is 2. The van der Waals surface area contributed by atoms with E-state index < -0.39 is 10.0 Å². The standard InChI is InChI=1S/C27H30N8OS/c1-18-13-19(5-8-24(18)36-20-6-7-23-21(14-20)31-17-34(23)2)32-26-25-22(29-16-30-26)15-28-27(33-25)35-9-11-37(3,4)12-10-35/h5-8,13-17H,9-12H2,1-4H3,(H,29,30,32). The van der Waals surface area contributed by atoms with Gasteiger partial charge in [-0.1, -0.05) is 0 Å². The second kappa shape index (κ2) is 9.19. The van der Waals surface area contributed by atoms with Gasteiger partial charge < -0.3 is 19.5 Å². The summed E-state index contributed by atoms with van der Waals surface area (Å²) in [5.74, 6) is 5.34. The highest BCUT2D eigenvalue weighted by Gasteiger charge is 2.23. The number of nitrogens with one attached hydrogen (secondary N) is 1. The Morgan fingerprint density at radius 1 is 0.946 bits per heavy atom. The Hall–Kier alpha value is -3.92. The minimum atomic E-state index is -0.500. The van der Waals surface area contributed by atoms with Crippen molar-refractivity contribution in [2.24, 2.45) is 7.05 Å². The second-order valence-corrected chi connectivity index (χ2v) is 14.4. The van der Waals surface area contributed by atoms with Crippen molar-refractivity contribution in [2.75, 3.05) is 47.3 Å². The van der Waals surface area contributed by atoms with Crippen LogP contribution in [0.1, 0.15) is 5.56 Å². The number of nitrogens with zero attached hydrogens (tertiary/aromatic N) is 7. The average Bonchev–Trinajstić information content (AvgIpc) is 3.25. The van der Waals surface area contributed by atoms with E-state index in [9.17, 15) is 0 Å². The van der Waals surface area contributed by atoms with Gasteiger partial charge in [0.25, 0.3) is 0 Å². The van der Waals surface area contributed by atoms with E-state index in [0.29, 0.717) is 16.9 Å². The molecule has 0 unspecified atom stereocenters. The smallest absolute Gasteiger partial charge is 0.226 e. The molecular formula is C27H30N8OS. The molecule has 0 amide bonds. The first-order valence-electron chi connectivity index (χ1n) is 12.2. The van der Waals surface area contributed by atoms with Crippen molar-refractivity contribution < 1.29 is 4.74 Å². The summed E-state index contributed by atoms with van der Waals surface area (Å²) >= 11 is 0. The Morgan fingerprint density at radius 3 is 2.59 bits per heavy atom. The lowest BCUT2D eigenvalue weighted by atomic mass is 10.2. The Bertz CT molecular complexity index is 1610. The zero-order valence-corrected chi connectivity index (χ0v) is 22.3. The van der Waals surface area contributed by atoms with Gasteiger partial charge in [0.15, 0.2) is 5.82 Å². The van der Waals surface area contributed by atoms with Gasteiger partial charge in [-0.25, -0.2) is 34.9 Å². The molecule has 6 rings (SSSR count). The molecule has 4 heterocycles. The molecule has 1 fully saturated rings. The zero-order chi connectivity index (χ0) is 25.6. The van der Waals surface area contributed by atoms with E-state index in [4.69, 9.17) is 9.72 Å². The van der Waals surface area contributed by atoms with Crippen molar-refractivity contribution in [2.45, 2.75) is 6.92 Å². The first-order chi connectivity index (χ1) is 17.8. The van der Waals surface area contributed by atoms with Crippen LogP contribution >= 0.6 is 10.0 Å². The second-order valence-electron chi connectivity index (χ2n) is 10.0. The molecular weight excluding hydrogens is 484 g/mol. The average molecular weight is 515 g/mol. The van der Waals surface area contributed by atoms with Gasteiger partial charge in [0.1, 0.15) is 28.9 Å². The fourth-order valence-electron chi connectivity index (χ4n) is 4.50. The van der Waals surface area contributed by atoms with Crippen molar-refractivity contribution in [1.82, 2.24) is 29.5 Å². The summed E-state index contributed by atoms with van der Waals surface area (Å²) in [5.41, 5.74) is 5.30. The number of rotatable bonds is 5. The van der Waals surface area contributed by atoms with Crippen LogP contribution in [0.5, 0.6) is 11.5 Å². The lowest BCUT2D eigenvalue weighted by Gasteiger charge is -2.40. The summed E-state index contributed by atoms with van der Waals surface area (Å²) in [7, 11) is 1.48. The van der Waals surface area contributed by atoms with Gasteiger partial charge in [-0.2, -0.15) is 0 Å². The van der Waals surface area contributed by atoms with Gasteiger partial charge in [-0.05, 0) is 66.8 Å². The van der Waals surface area contributed by atoms with E-state index in [-0.39, 0.29) is 0 Å². The summed E-state index contributed by atoms with van der Waals surface area (Å²) in [5, 5.41) is 3.42. The molecule has 190 valence electrons. The third-order valence-electron chi connectivity index (χ3n) is 6.84. The Kier molecular flexibility index (Phi) is 5.83. The summed E-state index contributed by atoms with van der Waals surface area (Å²) in [6.45, 7) is 3.99. The third-order valence-corrected chi connectivity index (χ3v) is 9.41. The SMILES string of the molecule is Cc1cc(Nc2ncnc3cnc(N4CCS(C)(C)CC4)nc23)ccc1Oc1ccc2c(c1)ncn2C. The summed E-state index contributed by atoms with van der Waals surface area (Å²) < 4.78 is 8.16. The number of aromatic nitrogens is 6. The highest BCUT2D eigenvalue weighted by molar-refractivity contribution is 8.32. The molecule has 0 aliphatic carbocycles. The molecule has 0 atom stereocenters. The maximum Gasteiger partial charge on any atom is 0.226 e. The number of imidazole rings is 1. The van der Waals surface area contributed by atoms with Crippen LogP contribution in [0.15, 0.2) is 55.2 Å². The molecule has 0 bridgehead atoms. The molecule has 0 saturated carbocycles. The Balaban J connectivity index is 1.23. The third kappa shape index (κ3) is 4.76. The van der Waals surface area contributed by atoms with Crippen LogP contribution in [0.4, 0.5) is 17.5 Å². The van der Waals surface area contributed by atoms with Crippen LogP contribution in [0, 0.1) is 6.92 Å². The largest absolute Gasteiger partial charge is 0.457 e. The molecule has 1 aliphatic rings. The predicted octanol–water partition coefficient (Wildman–Crippen LogP) is 5.04. The molecule has 1 aliphatic heterocycles. The van der Waals surface area contributed by atoms with Crippen LogP contribution in [0.3, 0.4) is 0 Å². The van der Waals surface area contributed by atoms with Crippen molar-refractivity contribution in [3.8, 4) is 11.5 Å². The topological polar surface area (TPSA) is 93.9 Å². The van der Waals surface area contributed by atoms with Crippen molar-refractivity contribution in [3.05, 3.63) is 60.8 Å². The monoisotopic (exact) mass is 514 g/mol. The van der Waals surface area contributed by atoms with Gasteiger partial charge in [0, 0.05) is 31.9 Å². The van der Waals surface area contributed by atoms with Crippen LogP contribution in [0.25, 0.3) is 22.1 Å². The number of benzene rings is 2. The number of ether oxygens (including phenoxy) is 1. The fraction of sp³-hybridized carbons (Fsp3) is 0.296. The van der Waals surface area contributed by atoms with Crippen LogP contribution in [0.2, 0.25) is 0 Å². The maximum absolute atomic E-state index is 6.17. The Morgan fingerprint density at radius 2 is 1.78 bits per heavy atom. The maximum atomic E-state index is 6.17. The lowest BCUT2D eigenvalue weighted by Crippen LogP contribution is -2.38. The number of anilines is 3. The molecule has 0 spiro atoms. The molecule has 10 heteroatoms. The minimum Gasteiger partial charge on any atom is -0.457 e. The highest BCUT2D eigenvalue weighted by atomic mass is 32.3. The molecule has 2 aromatic carbocycles. The highest BCUT2D eigenvalue weighted by Crippen LogP contribution is 2.42. The zero-order valence-electron chi connectivity index (χ0n) is 21.5. The predicted molar refractivity (Wildman–Crippen MR) is 152 cm³/mol. The van der Waals surface area contributed by atoms with Gasteiger partial charge >= 0.3 is 0 Å². The van der Waals surface area contributed by atoms with Gasteiger partial charge in [-0.3, -0.25) is 0 Å². The van der Waals surface area contributed by atoms with E-state index in [1.807, 2.05) is 54.9 Å². The molecule has 9 nitrogen and oxygen atoms in total. The molecule has 1 N–H and O–H groups in total. The van der Waals surface area contributed by atoms with Gasteiger partial charge in [0.05, 0.1) is 23.6 Å². The van der Waals surface area contributed by atoms with Crippen molar-refractivity contribution >= 4 is 49.5 Å². The number of hydrogen-bond donors (Lipinski definition) is 1. The van der Waals surface area contributed by atoms with Gasteiger partial charge in [0.2, 0.25) is 5.95 Å². The van der Waals surface area contributed by atoms with Crippen molar-refractivity contribution in [1.29, 1.82) is 0 Å². The van der Waals surface area contributed by atoms with Gasteiger partial charge in [-0.15, -0.1) is 0 Å². The molecule has 5 aromatic rings. The fourth-order valence-corrected chi connectivity index (χ4v) is 6.14. The Labute approximate surface area is 217 Å². The van der Waals surface area contributed by atoms with Crippen LogP contribution < -0.4 is 15.0 Å². The van der Waals surface area contributed by atoms with Crippen LogP contribution in [-0.2, 0) is 7.05 Å². The van der Waals surface area contributed by atoms with E-state index in [1.54, 1.807) is 18.9 Å². The van der Waals surface area contributed by atoms with E-state index in [0.717, 1.165) is 52.8 Å². The molecule has 3 aromatic heterocycles. The molecule has 1 saturated heterocycles. The first-order valence-corrected chi connectivity index (χ1v) is 15.0. The summed E-state index contributed by atoms with van der Waals surface area (Å²) in [4.78, 5) is 25.0. The summed E-state index contributed by atoms with van der Waals surface area (Å²) in [6.07, 6.45) is 9.94. The lowest BCUT2D eigenvalue weighted by molar-refractivity contribution is 0.479. The van der Waals surface area contributed by atoms with E-state index in [1.165, 1.54) is 11.5 Å².